The average molecular weight is 435 g/mol. The second-order valence-electron chi connectivity index (χ2n) is 7.66. The van der Waals surface area contributed by atoms with Crippen LogP contribution in [0.5, 0.6) is 0 Å². The summed E-state index contributed by atoms with van der Waals surface area (Å²) >= 11 is 5.91. The van der Waals surface area contributed by atoms with Crippen molar-refractivity contribution in [3.05, 3.63) is 64.7 Å². The Morgan fingerprint density at radius 3 is 2.24 bits per heavy atom. The van der Waals surface area contributed by atoms with Gasteiger partial charge in [0.25, 0.3) is 5.91 Å². The van der Waals surface area contributed by atoms with Crippen molar-refractivity contribution in [1.29, 1.82) is 0 Å². The fraction of sp³-hybridized carbons (Fsp3) is 0.409. The van der Waals surface area contributed by atoms with Crippen molar-refractivity contribution in [2.75, 3.05) is 17.1 Å². The third-order valence-electron chi connectivity index (χ3n) is 5.33. The Morgan fingerprint density at radius 1 is 1.03 bits per heavy atom. The van der Waals surface area contributed by atoms with Crippen molar-refractivity contribution < 1.29 is 13.2 Å². The van der Waals surface area contributed by atoms with E-state index in [2.05, 4.69) is 5.32 Å². The van der Waals surface area contributed by atoms with Gasteiger partial charge in [0, 0.05) is 17.1 Å². The number of halogens is 1. The highest BCUT2D eigenvalue weighted by Gasteiger charge is 2.19. The zero-order valence-electron chi connectivity index (χ0n) is 16.6. The van der Waals surface area contributed by atoms with Crippen LogP contribution in [0.3, 0.4) is 0 Å². The number of amides is 1. The van der Waals surface area contributed by atoms with E-state index >= 15 is 0 Å². The average Bonchev–Trinajstić information content (AvgIpc) is 2.71. The molecule has 7 heteroatoms. The van der Waals surface area contributed by atoms with Crippen LogP contribution < -0.4 is 9.62 Å². The van der Waals surface area contributed by atoms with Crippen molar-refractivity contribution in [3.8, 4) is 0 Å². The molecule has 5 nitrogen and oxygen atoms in total. The Balaban J connectivity index is 1.68. The molecule has 0 spiro atoms. The van der Waals surface area contributed by atoms with E-state index in [-0.39, 0.29) is 12.5 Å². The van der Waals surface area contributed by atoms with Crippen LogP contribution in [0.2, 0.25) is 5.02 Å². The number of hydrogen-bond acceptors (Lipinski definition) is 3. The maximum atomic E-state index is 12.4. The van der Waals surface area contributed by atoms with Gasteiger partial charge < -0.3 is 5.32 Å². The van der Waals surface area contributed by atoms with Crippen LogP contribution in [0.25, 0.3) is 0 Å². The molecule has 2 aromatic rings. The van der Waals surface area contributed by atoms with Gasteiger partial charge in [-0.05, 0) is 60.7 Å². The van der Waals surface area contributed by atoms with Gasteiger partial charge in [0.15, 0.2) is 0 Å². The highest BCUT2D eigenvalue weighted by atomic mass is 35.5. The van der Waals surface area contributed by atoms with Gasteiger partial charge in [0.05, 0.1) is 18.5 Å². The predicted molar refractivity (Wildman–Crippen MR) is 118 cm³/mol. The molecule has 0 saturated heterocycles. The number of carbonyl (C=O) groups excluding carboxylic acids is 1. The summed E-state index contributed by atoms with van der Waals surface area (Å²) in [4.78, 5) is 12.4. The molecule has 29 heavy (non-hydrogen) atoms. The van der Waals surface area contributed by atoms with E-state index in [1.165, 1.54) is 42.7 Å². The van der Waals surface area contributed by atoms with Gasteiger partial charge in [-0.25, -0.2) is 8.42 Å². The Labute approximate surface area is 178 Å². The molecule has 3 rings (SSSR count). The number of rotatable bonds is 7. The number of nitrogens with one attached hydrogen (secondary N) is 1. The van der Waals surface area contributed by atoms with Crippen molar-refractivity contribution in [1.82, 2.24) is 5.32 Å². The molecule has 156 valence electrons. The summed E-state index contributed by atoms with van der Waals surface area (Å²) in [6.45, 7) is 0.899. The predicted octanol–water partition coefficient (Wildman–Crippen LogP) is 4.62. The monoisotopic (exact) mass is 434 g/mol. The first-order valence-electron chi connectivity index (χ1n) is 9.93. The quantitative estimate of drug-likeness (QED) is 0.691. The highest BCUT2D eigenvalue weighted by molar-refractivity contribution is 7.92. The van der Waals surface area contributed by atoms with E-state index in [9.17, 15) is 13.2 Å². The highest BCUT2D eigenvalue weighted by Crippen LogP contribution is 2.24. The van der Waals surface area contributed by atoms with Crippen LogP contribution >= 0.6 is 11.6 Å². The van der Waals surface area contributed by atoms with E-state index in [4.69, 9.17) is 11.6 Å². The number of hydrogen-bond donors (Lipinski definition) is 1. The van der Waals surface area contributed by atoms with E-state index < -0.39 is 10.0 Å². The summed E-state index contributed by atoms with van der Waals surface area (Å²) in [6, 6.07) is 13.8. The minimum atomic E-state index is -3.48. The molecule has 1 saturated carbocycles. The summed E-state index contributed by atoms with van der Waals surface area (Å²) in [7, 11) is -3.48. The number of anilines is 1. The molecule has 1 amide bonds. The number of sulfonamides is 1. The summed E-state index contributed by atoms with van der Waals surface area (Å²) in [5.74, 6) is 0.442. The van der Waals surface area contributed by atoms with Crippen molar-refractivity contribution in [2.45, 2.75) is 38.6 Å². The molecule has 0 bridgehead atoms. The Kier molecular flexibility index (Phi) is 7.19. The van der Waals surface area contributed by atoms with Crippen molar-refractivity contribution in [3.63, 3.8) is 0 Å². The van der Waals surface area contributed by atoms with Gasteiger partial charge in [-0.1, -0.05) is 43.0 Å². The van der Waals surface area contributed by atoms with E-state index in [0.29, 0.717) is 28.7 Å². The lowest BCUT2D eigenvalue weighted by Gasteiger charge is -2.23. The lowest BCUT2D eigenvalue weighted by molar-refractivity contribution is 0.0943. The first kappa shape index (κ1) is 21.7. The third kappa shape index (κ3) is 6.21. The van der Waals surface area contributed by atoms with Crippen LogP contribution in [0, 0.1) is 5.92 Å². The molecule has 0 aliphatic heterocycles. The maximum Gasteiger partial charge on any atom is 0.251 e. The molecule has 0 heterocycles. The molecule has 0 atom stereocenters. The van der Waals surface area contributed by atoms with E-state index in [1.54, 1.807) is 48.5 Å². The van der Waals surface area contributed by atoms with Gasteiger partial charge in [-0.2, -0.15) is 0 Å². The van der Waals surface area contributed by atoms with Crippen molar-refractivity contribution >= 4 is 33.2 Å². The van der Waals surface area contributed by atoms with Crippen LogP contribution in [-0.4, -0.2) is 27.1 Å². The van der Waals surface area contributed by atoms with E-state index in [0.717, 1.165) is 5.56 Å². The Hall–Kier alpha value is -2.05. The zero-order valence-corrected chi connectivity index (χ0v) is 18.2. The van der Waals surface area contributed by atoms with Crippen LogP contribution in [0.15, 0.2) is 48.5 Å². The second kappa shape index (κ2) is 9.63. The molecule has 0 unspecified atom stereocenters. The Bertz CT molecular complexity index is 922. The van der Waals surface area contributed by atoms with Crippen LogP contribution in [0.4, 0.5) is 5.69 Å². The summed E-state index contributed by atoms with van der Waals surface area (Å²) in [6.07, 6.45) is 7.29. The fourth-order valence-corrected chi connectivity index (χ4v) is 4.68. The Morgan fingerprint density at radius 2 is 1.66 bits per heavy atom. The second-order valence-corrected chi connectivity index (χ2v) is 10.0. The SMILES string of the molecule is CS(=O)(=O)N(Cc1ccc(Cl)cc1)c1ccc(C(=O)NCC2CCCCC2)cc1. The standard InChI is InChI=1S/C22H27ClN2O3S/c1-29(27,28)25(16-18-7-11-20(23)12-8-18)21-13-9-19(10-14-21)22(26)24-15-17-5-3-2-4-6-17/h7-14,17H,2-6,15-16H2,1H3,(H,24,26). The van der Waals surface area contributed by atoms with E-state index in [1.807, 2.05) is 0 Å². The summed E-state index contributed by atoms with van der Waals surface area (Å²) < 4.78 is 26.0. The van der Waals surface area contributed by atoms with Gasteiger partial charge >= 0.3 is 0 Å². The summed E-state index contributed by atoms with van der Waals surface area (Å²) in [5.41, 5.74) is 1.88. The van der Waals surface area contributed by atoms with Gasteiger partial charge in [0.2, 0.25) is 10.0 Å². The van der Waals surface area contributed by atoms with Gasteiger partial charge in [-0.15, -0.1) is 0 Å². The smallest absolute Gasteiger partial charge is 0.251 e. The lowest BCUT2D eigenvalue weighted by Crippen LogP contribution is -2.31. The number of carbonyl (C=O) groups is 1. The van der Waals surface area contributed by atoms with Gasteiger partial charge in [-0.3, -0.25) is 9.10 Å². The minimum absolute atomic E-state index is 0.120. The topological polar surface area (TPSA) is 66.5 Å². The minimum Gasteiger partial charge on any atom is -0.352 e. The number of benzene rings is 2. The zero-order chi connectivity index (χ0) is 20.9. The fourth-order valence-electron chi connectivity index (χ4n) is 3.67. The molecule has 1 aliphatic rings. The first-order chi connectivity index (χ1) is 13.8. The number of nitrogens with zero attached hydrogens (tertiary/aromatic N) is 1. The molecule has 2 aromatic carbocycles. The van der Waals surface area contributed by atoms with Gasteiger partial charge in [0.1, 0.15) is 0 Å². The molecule has 1 aliphatic carbocycles. The molecular weight excluding hydrogens is 408 g/mol. The lowest BCUT2D eigenvalue weighted by atomic mass is 9.89. The van der Waals surface area contributed by atoms with Crippen molar-refractivity contribution in [2.24, 2.45) is 5.92 Å². The molecular formula is C22H27ClN2O3S. The first-order valence-corrected chi connectivity index (χ1v) is 12.2. The molecule has 0 radical (unpaired) electrons. The molecule has 0 aromatic heterocycles. The van der Waals surface area contributed by atoms with Crippen LogP contribution in [-0.2, 0) is 16.6 Å². The molecule has 1 fully saturated rings. The third-order valence-corrected chi connectivity index (χ3v) is 6.73. The normalized spacial score (nSPS) is 15.1. The summed E-state index contributed by atoms with van der Waals surface area (Å²) in [5, 5.41) is 3.61. The largest absolute Gasteiger partial charge is 0.352 e. The van der Waals surface area contributed by atoms with Crippen LogP contribution in [0.1, 0.15) is 48.0 Å². The molecule has 1 N–H and O–H groups in total. The maximum absolute atomic E-state index is 12.4.